The topological polar surface area (TPSA) is 80.4 Å². The van der Waals surface area contributed by atoms with Gasteiger partial charge >= 0.3 is 0 Å². The van der Waals surface area contributed by atoms with Gasteiger partial charge in [0.25, 0.3) is 0 Å². The molecule has 1 aromatic heterocycles. The molecule has 1 atom stereocenters. The Morgan fingerprint density at radius 2 is 2.17 bits per heavy atom. The Morgan fingerprint density at radius 1 is 1.31 bits per heavy atom. The van der Waals surface area contributed by atoms with Gasteiger partial charge in [-0.25, -0.2) is 4.98 Å². The van der Waals surface area contributed by atoms with E-state index in [-0.39, 0.29) is 12.7 Å². The molecule has 4 N–H and O–H groups in total. The minimum atomic E-state index is 0.0884. The van der Waals surface area contributed by atoms with Crippen molar-refractivity contribution in [2.45, 2.75) is 38.8 Å². The van der Waals surface area contributed by atoms with Crippen LogP contribution in [0.15, 0.2) is 42.6 Å². The van der Waals surface area contributed by atoms with Crippen LogP contribution in [0.3, 0.4) is 0 Å². The van der Waals surface area contributed by atoms with Gasteiger partial charge in [-0.2, -0.15) is 0 Å². The number of hydrogen-bond acceptors (Lipinski definition) is 6. The molecule has 0 saturated heterocycles. The molecular formula is C23H27N3O2S. The third kappa shape index (κ3) is 4.15. The summed E-state index contributed by atoms with van der Waals surface area (Å²) in [5.74, 6) is 0.711. The summed E-state index contributed by atoms with van der Waals surface area (Å²) < 4.78 is 5.74. The van der Waals surface area contributed by atoms with Gasteiger partial charge in [-0.05, 0) is 61.6 Å². The quantitative estimate of drug-likeness (QED) is 0.504. The van der Waals surface area contributed by atoms with E-state index in [1.165, 1.54) is 21.6 Å². The second kappa shape index (κ2) is 8.53. The lowest BCUT2D eigenvalue weighted by molar-refractivity contribution is 0.244. The average Bonchev–Trinajstić information content (AvgIpc) is 3.35. The van der Waals surface area contributed by atoms with Crippen LogP contribution < -0.4 is 15.8 Å². The molecule has 1 aliphatic carbocycles. The van der Waals surface area contributed by atoms with Crippen molar-refractivity contribution in [3.63, 3.8) is 0 Å². The molecule has 4 rings (SSSR count). The predicted octanol–water partition coefficient (Wildman–Crippen LogP) is 4.42. The third-order valence-electron chi connectivity index (χ3n) is 5.16. The summed E-state index contributed by atoms with van der Waals surface area (Å²) in [6.45, 7) is 4.76. The van der Waals surface area contributed by atoms with Crippen LogP contribution >= 0.6 is 11.3 Å². The fourth-order valence-corrected chi connectivity index (χ4v) is 4.88. The van der Waals surface area contributed by atoms with E-state index >= 15 is 0 Å². The van der Waals surface area contributed by atoms with Gasteiger partial charge in [0.15, 0.2) is 0 Å². The van der Waals surface area contributed by atoms with Crippen LogP contribution in [-0.4, -0.2) is 29.3 Å². The Balaban J connectivity index is 1.61. The van der Waals surface area contributed by atoms with Crippen LogP contribution in [0.2, 0.25) is 0 Å². The number of benzene rings is 2. The number of aliphatic hydroxyl groups is 1. The van der Waals surface area contributed by atoms with Crippen LogP contribution in [0.4, 0.5) is 5.69 Å². The number of nitrogens with zero attached hydrogens (tertiary/aromatic N) is 1. The first-order valence-electron chi connectivity index (χ1n) is 10.1. The monoisotopic (exact) mass is 409 g/mol. The lowest BCUT2D eigenvalue weighted by Crippen LogP contribution is -2.22. The van der Waals surface area contributed by atoms with E-state index in [9.17, 15) is 0 Å². The first-order chi connectivity index (χ1) is 14.1. The lowest BCUT2D eigenvalue weighted by Gasteiger charge is -2.13. The highest BCUT2D eigenvalue weighted by Gasteiger charge is 2.25. The molecule has 29 heavy (non-hydrogen) atoms. The van der Waals surface area contributed by atoms with Crippen molar-refractivity contribution in [2.75, 3.05) is 18.9 Å². The number of nitrogen functional groups attached to an aromatic ring is 1. The number of nitrogens with two attached hydrogens (primary N) is 1. The summed E-state index contributed by atoms with van der Waals surface area (Å²) in [5, 5.41) is 13.5. The molecule has 152 valence electrons. The molecule has 2 aromatic carbocycles. The molecule has 0 saturated carbocycles. The van der Waals surface area contributed by atoms with Gasteiger partial charge < -0.3 is 20.9 Å². The summed E-state index contributed by atoms with van der Waals surface area (Å²) in [6.07, 6.45) is 4.14. The maximum atomic E-state index is 9.11. The summed E-state index contributed by atoms with van der Waals surface area (Å²) in [4.78, 5) is 5.83. The van der Waals surface area contributed by atoms with E-state index in [4.69, 9.17) is 15.6 Å². The highest BCUT2D eigenvalue weighted by Crippen LogP contribution is 2.41. The maximum absolute atomic E-state index is 9.11. The summed E-state index contributed by atoms with van der Waals surface area (Å²) in [6, 6.07) is 12.7. The normalized spacial score (nSPS) is 15.7. The SMILES string of the molecule is CC(C)Oc1ccc(-c2ncc(-c3cccc4c3CC[C@@H]4NCCO)s2)cc1N. The van der Waals surface area contributed by atoms with Gasteiger partial charge in [-0.3, -0.25) is 0 Å². The first-order valence-corrected chi connectivity index (χ1v) is 10.9. The van der Waals surface area contributed by atoms with Crippen molar-refractivity contribution in [3.05, 3.63) is 53.7 Å². The van der Waals surface area contributed by atoms with Crippen molar-refractivity contribution in [1.82, 2.24) is 10.3 Å². The van der Waals surface area contributed by atoms with E-state index < -0.39 is 0 Å². The van der Waals surface area contributed by atoms with Crippen LogP contribution in [0.5, 0.6) is 5.75 Å². The Kier molecular flexibility index (Phi) is 5.85. The molecule has 3 aromatic rings. The highest BCUT2D eigenvalue weighted by atomic mass is 32.1. The van der Waals surface area contributed by atoms with Gasteiger partial charge in [0.05, 0.1) is 23.3 Å². The van der Waals surface area contributed by atoms with Crippen molar-refractivity contribution in [3.8, 4) is 26.8 Å². The zero-order valence-electron chi connectivity index (χ0n) is 16.8. The first kappa shape index (κ1) is 19.9. The van der Waals surface area contributed by atoms with E-state index in [1.54, 1.807) is 11.3 Å². The number of nitrogens with one attached hydrogen (secondary N) is 1. The number of aromatic nitrogens is 1. The minimum Gasteiger partial charge on any atom is -0.489 e. The molecule has 0 amide bonds. The van der Waals surface area contributed by atoms with Crippen LogP contribution in [-0.2, 0) is 6.42 Å². The van der Waals surface area contributed by atoms with E-state index in [0.29, 0.717) is 24.0 Å². The molecule has 0 unspecified atom stereocenters. The van der Waals surface area contributed by atoms with Crippen molar-refractivity contribution in [2.24, 2.45) is 0 Å². The van der Waals surface area contributed by atoms with Gasteiger partial charge in [-0.15, -0.1) is 11.3 Å². The minimum absolute atomic E-state index is 0.0884. The molecule has 0 fully saturated rings. The highest BCUT2D eigenvalue weighted by molar-refractivity contribution is 7.18. The Bertz CT molecular complexity index is 1000. The Hall–Kier alpha value is -2.41. The largest absolute Gasteiger partial charge is 0.489 e. The third-order valence-corrected chi connectivity index (χ3v) is 6.24. The zero-order chi connectivity index (χ0) is 20.4. The number of thiazole rings is 1. The lowest BCUT2D eigenvalue weighted by atomic mass is 10.0. The molecular weight excluding hydrogens is 382 g/mol. The molecule has 0 spiro atoms. The molecule has 0 bridgehead atoms. The van der Waals surface area contributed by atoms with Crippen LogP contribution in [0.25, 0.3) is 21.0 Å². The maximum Gasteiger partial charge on any atom is 0.142 e. The van der Waals surface area contributed by atoms with Gasteiger partial charge in [0.2, 0.25) is 0 Å². The molecule has 0 radical (unpaired) electrons. The molecule has 6 heteroatoms. The number of rotatable bonds is 7. The van der Waals surface area contributed by atoms with E-state index in [1.807, 2.05) is 38.2 Å². The second-order valence-electron chi connectivity index (χ2n) is 7.59. The summed E-state index contributed by atoms with van der Waals surface area (Å²) >= 11 is 1.68. The number of ether oxygens (including phenoxy) is 1. The summed E-state index contributed by atoms with van der Waals surface area (Å²) in [5.41, 5.74) is 11.8. The van der Waals surface area contributed by atoms with Gasteiger partial charge in [0.1, 0.15) is 10.8 Å². The van der Waals surface area contributed by atoms with Crippen molar-refractivity contribution in [1.29, 1.82) is 0 Å². The number of hydrogen-bond donors (Lipinski definition) is 3. The van der Waals surface area contributed by atoms with E-state index in [0.717, 1.165) is 23.4 Å². The molecule has 1 aliphatic rings. The van der Waals surface area contributed by atoms with Gasteiger partial charge in [-0.1, -0.05) is 18.2 Å². The standard InChI is InChI=1S/C23H27N3O2S/c1-14(2)28-21-9-6-15(12-19(21)24)23-26-13-22(29-23)18-5-3-4-17-16(18)7-8-20(17)25-10-11-27/h3-6,9,12-14,20,25,27H,7-8,10-11,24H2,1-2H3/t20-/m0/s1. The molecule has 0 aliphatic heterocycles. The molecule has 5 nitrogen and oxygen atoms in total. The zero-order valence-corrected chi connectivity index (χ0v) is 17.6. The number of aliphatic hydroxyl groups excluding tert-OH is 1. The predicted molar refractivity (Wildman–Crippen MR) is 119 cm³/mol. The number of fused-ring (bicyclic) bond motifs is 1. The van der Waals surface area contributed by atoms with Crippen LogP contribution in [0.1, 0.15) is 37.4 Å². The Morgan fingerprint density at radius 3 is 2.93 bits per heavy atom. The summed E-state index contributed by atoms with van der Waals surface area (Å²) in [7, 11) is 0. The van der Waals surface area contributed by atoms with Crippen LogP contribution in [0, 0.1) is 0 Å². The van der Waals surface area contributed by atoms with Crippen molar-refractivity contribution >= 4 is 17.0 Å². The Labute approximate surface area is 175 Å². The fraction of sp³-hybridized carbons (Fsp3) is 0.348. The van der Waals surface area contributed by atoms with E-state index in [2.05, 4.69) is 28.5 Å². The van der Waals surface area contributed by atoms with Gasteiger partial charge in [0, 0.05) is 24.3 Å². The van der Waals surface area contributed by atoms with Crippen molar-refractivity contribution < 1.29 is 9.84 Å². The fourth-order valence-electron chi connectivity index (χ4n) is 3.91. The average molecular weight is 410 g/mol. The number of anilines is 1. The second-order valence-corrected chi connectivity index (χ2v) is 8.62. The smallest absolute Gasteiger partial charge is 0.142 e. The molecule has 1 heterocycles.